The Balaban J connectivity index is 0.000000871. The number of nitrogens with one attached hydrogen (secondary N) is 1. The van der Waals surface area contributed by atoms with Crippen molar-refractivity contribution in [2.24, 2.45) is 12.8 Å². The van der Waals surface area contributed by atoms with Crippen LogP contribution in [0.3, 0.4) is 0 Å². The van der Waals surface area contributed by atoms with Crippen LogP contribution in [0, 0.1) is 12.3 Å². The van der Waals surface area contributed by atoms with Gasteiger partial charge in [0.25, 0.3) is 0 Å². The minimum atomic E-state index is -0.476. The van der Waals surface area contributed by atoms with Crippen molar-refractivity contribution in [1.29, 1.82) is 5.41 Å². The first-order chi connectivity index (χ1) is 21.8. The van der Waals surface area contributed by atoms with Crippen molar-refractivity contribution >= 4 is 16.9 Å². The molecule has 9 nitrogen and oxygen atoms in total. The second-order valence-corrected chi connectivity index (χ2v) is 11.4. The van der Waals surface area contributed by atoms with Crippen LogP contribution in [0.15, 0.2) is 73.1 Å². The highest BCUT2D eigenvalue weighted by atomic mass is 15.3. The molecule has 5 aromatic rings. The quantitative estimate of drug-likeness (QED) is 0.201. The van der Waals surface area contributed by atoms with E-state index in [-0.39, 0.29) is 0 Å². The Morgan fingerprint density at radius 1 is 0.956 bits per heavy atom. The molecule has 1 atom stereocenters. The van der Waals surface area contributed by atoms with Crippen molar-refractivity contribution < 1.29 is 0 Å². The van der Waals surface area contributed by atoms with E-state index in [0.717, 1.165) is 65.9 Å². The third-order valence-corrected chi connectivity index (χ3v) is 8.11. The summed E-state index contributed by atoms with van der Waals surface area (Å²) in [7, 11) is 2.10. The number of pyridine rings is 2. The van der Waals surface area contributed by atoms with Crippen LogP contribution in [0.4, 0.5) is 5.82 Å². The van der Waals surface area contributed by atoms with Gasteiger partial charge in [-0.1, -0.05) is 58.4 Å². The van der Waals surface area contributed by atoms with Crippen LogP contribution in [-0.4, -0.2) is 42.3 Å². The topological polar surface area (TPSA) is 128 Å². The van der Waals surface area contributed by atoms with Crippen molar-refractivity contribution in [3.63, 3.8) is 0 Å². The number of hydrogen-bond acceptors (Lipinski definition) is 7. The number of fused-ring (bicyclic) bond motifs is 1. The van der Waals surface area contributed by atoms with Gasteiger partial charge in [0.1, 0.15) is 23.1 Å². The third-order valence-electron chi connectivity index (χ3n) is 8.11. The summed E-state index contributed by atoms with van der Waals surface area (Å²) in [5, 5.41) is 13.7. The van der Waals surface area contributed by atoms with Gasteiger partial charge in [-0.15, -0.1) is 0 Å². The number of nitrogens with zero attached hydrogens (tertiary/aromatic N) is 6. The van der Waals surface area contributed by atoms with Gasteiger partial charge in [0.05, 0.1) is 5.69 Å². The maximum Gasteiger partial charge on any atom is 0.143 e. The molecule has 1 aliphatic heterocycles. The summed E-state index contributed by atoms with van der Waals surface area (Å²) in [6.07, 6.45) is 6.69. The van der Waals surface area contributed by atoms with Crippen molar-refractivity contribution in [1.82, 2.24) is 29.2 Å². The number of piperidine rings is 1. The van der Waals surface area contributed by atoms with E-state index in [1.165, 1.54) is 17.7 Å². The average molecular weight is 608 g/mol. The van der Waals surface area contributed by atoms with E-state index < -0.39 is 6.17 Å². The van der Waals surface area contributed by atoms with Crippen molar-refractivity contribution in [2.45, 2.75) is 72.5 Å². The SMILES string of the molecule is CC.CCC.Cc1ccc(=N)n(C(N)c2ccc(C3CCN(Cc4cc5c(-c6ccc(N)nc6)ccnc5n4C)CC3)cc2)n1. The van der Waals surface area contributed by atoms with Gasteiger partial charge in [0.15, 0.2) is 0 Å². The normalized spacial score (nSPS) is 14.3. The molecule has 6 rings (SSSR count). The highest BCUT2D eigenvalue weighted by Gasteiger charge is 2.23. The van der Waals surface area contributed by atoms with E-state index in [0.29, 0.717) is 17.2 Å². The molecule has 238 valence electrons. The molecule has 1 fully saturated rings. The first kappa shape index (κ1) is 33.6. The minimum Gasteiger partial charge on any atom is -0.384 e. The first-order valence-electron chi connectivity index (χ1n) is 16.1. The van der Waals surface area contributed by atoms with Crippen LogP contribution in [0.1, 0.15) is 81.6 Å². The number of nitrogens with two attached hydrogens (primary N) is 2. The van der Waals surface area contributed by atoms with Gasteiger partial charge in [-0.25, -0.2) is 14.6 Å². The Morgan fingerprint density at radius 3 is 2.29 bits per heavy atom. The number of anilines is 1. The molecule has 45 heavy (non-hydrogen) atoms. The lowest BCUT2D eigenvalue weighted by atomic mass is 9.89. The summed E-state index contributed by atoms with van der Waals surface area (Å²) < 4.78 is 3.78. The Hall–Kier alpha value is -4.34. The standard InChI is InChI=1S/C31H35N9.C3H8.C2H6/c1-20-3-10-29(33)40(37-20)30(34)23-6-4-21(5-7-23)22-12-15-39(16-13-22)19-25-17-27-26(11-14-35-31(27)38(25)2)24-8-9-28(32)36-18-24;1-3-2;1-2/h3-11,14,17-18,22,30,33H,12-13,15-16,19,34H2,1-2H3,(H2,32,36);3H2,1-2H3;1-2H3. The Labute approximate surface area is 267 Å². The second-order valence-electron chi connectivity index (χ2n) is 11.4. The van der Waals surface area contributed by atoms with Crippen molar-refractivity contribution in [3.05, 3.63) is 101 Å². The van der Waals surface area contributed by atoms with Crippen molar-refractivity contribution in [3.8, 4) is 11.1 Å². The van der Waals surface area contributed by atoms with E-state index in [4.69, 9.17) is 16.9 Å². The van der Waals surface area contributed by atoms with Gasteiger partial charge >= 0.3 is 0 Å². The predicted molar refractivity (Wildman–Crippen MR) is 185 cm³/mol. The maximum atomic E-state index is 8.15. The fourth-order valence-electron chi connectivity index (χ4n) is 5.74. The molecule has 4 aromatic heterocycles. The fourth-order valence-corrected chi connectivity index (χ4v) is 5.74. The summed E-state index contributed by atoms with van der Waals surface area (Å²) in [5.41, 5.74) is 20.1. The number of benzene rings is 1. The molecule has 5 heterocycles. The van der Waals surface area contributed by atoms with Gasteiger partial charge in [-0.3, -0.25) is 10.3 Å². The zero-order valence-electron chi connectivity index (χ0n) is 27.7. The summed E-state index contributed by atoms with van der Waals surface area (Å²) in [4.78, 5) is 11.5. The molecule has 0 radical (unpaired) electrons. The van der Waals surface area contributed by atoms with Crippen LogP contribution >= 0.6 is 0 Å². The summed E-state index contributed by atoms with van der Waals surface area (Å²) in [6.45, 7) is 13.1. The van der Waals surface area contributed by atoms with E-state index in [1.807, 2.05) is 57.4 Å². The molecule has 0 aliphatic carbocycles. The van der Waals surface area contributed by atoms with Crippen LogP contribution in [0.25, 0.3) is 22.2 Å². The molecule has 0 saturated carbocycles. The number of nitrogen functional groups attached to an aromatic ring is 1. The van der Waals surface area contributed by atoms with E-state index in [9.17, 15) is 0 Å². The molecule has 1 aliphatic rings. The Bertz CT molecular complexity index is 1710. The Morgan fingerprint density at radius 2 is 1.64 bits per heavy atom. The van der Waals surface area contributed by atoms with Crippen LogP contribution in [0.2, 0.25) is 0 Å². The number of hydrogen-bond donors (Lipinski definition) is 3. The fraction of sp³-hybridized carbons (Fsp3) is 0.389. The molecule has 0 spiro atoms. The second kappa shape index (κ2) is 15.6. The van der Waals surface area contributed by atoms with Crippen LogP contribution in [-0.2, 0) is 13.6 Å². The van der Waals surface area contributed by atoms with Gasteiger partial charge < -0.3 is 16.0 Å². The molecule has 1 saturated heterocycles. The van der Waals surface area contributed by atoms with Gasteiger partial charge in [-0.2, -0.15) is 5.10 Å². The number of aryl methyl sites for hydroxylation is 2. The molecule has 0 bridgehead atoms. The predicted octanol–water partition coefficient (Wildman–Crippen LogP) is 6.53. The smallest absolute Gasteiger partial charge is 0.143 e. The summed E-state index contributed by atoms with van der Waals surface area (Å²) >= 11 is 0. The lowest BCUT2D eigenvalue weighted by molar-refractivity contribution is 0.201. The highest BCUT2D eigenvalue weighted by molar-refractivity contribution is 5.93. The Kier molecular flexibility index (Phi) is 11.6. The molecular weight excluding hydrogens is 558 g/mol. The van der Waals surface area contributed by atoms with Gasteiger partial charge in [0.2, 0.25) is 0 Å². The number of rotatable bonds is 6. The number of likely N-dealkylation sites (tertiary alicyclic amines) is 1. The lowest BCUT2D eigenvalue weighted by Crippen LogP contribution is -2.33. The highest BCUT2D eigenvalue weighted by Crippen LogP contribution is 2.32. The molecule has 5 N–H and O–H groups in total. The first-order valence-corrected chi connectivity index (χ1v) is 16.1. The van der Waals surface area contributed by atoms with Crippen molar-refractivity contribution in [2.75, 3.05) is 18.8 Å². The third kappa shape index (κ3) is 7.85. The molecule has 1 aromatic carbocycles. The maximum absolute atomic E-state index is 8.15. The van der Waals surface area contributed by atoms with E-state index >= 15 is 0 Å². The lowest BCUT2D eigenvalue weighted by Gasteiger charge is -2.32. The summed E-state index contributed by atoms with van der Waals surface area (Å²) in [5.74, 6) is 1.05. The van der Waals surface area contributed by atoms with Crippen LogP contribution < -0.4 is 17.0 Å². The van der Waals surface area contributed by atoms with Gasteiger partial charge in [-0.05, 0) is 91.9 Å². The number of aromatic nitrogens is 5. The molecular formula is C36H49N9. The summed E-state index contributed by atoms with van der Waals surface area (Å²) in [6, 6.07) is 20.3. The van der Waals surface area contributed by atoms with Crippen LogP contribution in [0.5, 0.6) is 0 Å². The zero-order valence-corrected chi connectivity index (χ0v) is 27.7. The molecule has 9 heteroatoms. The minimum absolute atomic E-state index is 0.301. The monoisotopic (exact) mass is 607 g/mol. The van der Waals surface area contributed by atoms with Gasteiger partial charge in [0, 0.05) is 42.6 Å². The van der Waals surface area contributed by atoms with E-state index in [2.05, 4.69) is 75.8 Å². The average Bonchev–Trinajstić information content (AvgIpc) is 3.38. The zero-order chi connectivity index (χ0) is 32.5. The molecule has 0 amide bonds. The largest absolute Gasteiger partial charge is 0.384 e. The van der Waals surface area contributed by atoms with E-state index in [1.54, 1.807) is 10.7 Å². The molecule has 1 unspecified atom stereocenters.